The molecule has 10 heteroatoms. The molecule has 1 aromatic rings. The van der Waals surface area contributed by atoms with Crippen LogP contribution in [0.2, 0.25) is 0 Å². The normalized spacial score (nSPS) is 18.4. The van der Waals surface area contributed by atoms with Crippen molar-refractivity contribution in [3.05, 3.63) is 33.9 Å². The van der Waals surface area contributed by atoms with Crippen molar-refractivity contribution in [1.29, 1.82) is 0 Å². The van der Waals surface area contributed by atoms with Gasteiger partial charge < -0.3 is 15.5 Å². The van der Waals surface area contributed by atoms with Crippen LogP contribution in [-0.4, -0.2) is 47.1 Å². The van der Waals surface area contributed by atoms with E-state index in [0.717, 1.165) is 10.5 Å². The van der Waals surface area contributed by atoms with E-state index in [9.17, 15) is 28.1 Å². The Morgan fingerprint density at radius 2 is 2.00 bits per heavy atom. The largest absolute Gasteiger partial charge is 0.471 e. The lowest BCUT2D eigenvalue weighted by atomic mass is 9.88. The predicted octanol–water partition coefficient (Wildman–Crippen LogP) is 4.08. The van der Waals surface area contributed by atoms with Crippen LogP contribution in [0.15, 0.2) is 18.2 Å². The number of halogens is 3. The number of nitro groups is 1. The number of likely N-dealkylation sites (tertiary alicyclic amines) is 1. The molecule has 0 radical (unpaired) electrons. The van der Waals surface area contributed by atoms with E-state index in [1.165, 1.54) is 6.07 Å². The third-order valence-corrected chi connectivity index (χ3v) is 5.58. The van der Waals surface area contributed by atoms with Crippen LogP contribution in [0.5, 0.6) is 0 Å². The summed E-state index contributed by atoms with van der Waals surface area (Å²) in [6.45, 7) is 8.82. The number of nitro benzene ring substituents is 1. The maximum absolute atomic E-state index is 12.7. The van der Waals surface area contributed by atoms with E-state index < -0.39 is 23.0 Å². The topological polar surface area (TPSA) is 87.5 Å². The molecule has 2 rings (SSSR count). The first kappa shape index (κ1) is 23.9. The molecule has 1 aliphatic heterocycles. The summed E-state index contributed by atoms with van der Waals surface area (Å²) in [5.74, 6) is -1.87. The number of alkyl halides is 3. The van der Waals surface area contributed by atoms with Crippen LogP contribution in [0.4, 0.5) is 24.5 Å². The van der Waals surface area contributed by atoms with Crippen molar-refractivity contribution >= 4 is 17.3 Å². The third kappa shape index (κ3) is 6.07. The minimum atomic E-state index is -4.92. The number of nitrogens with zero attached hydrogens (tertiary/aromatic N) is 2. The van der Waals surface area contributed by atoms with Gasteiger partial charge in [0.15, 0.2) is 0 Å². The Kier molecular flexibility index (Phi) is 7.33. The van der Waals surface area contributed by atoms with Crippen molar-refractivity contribution in [2.75, 3.05) is 18.4 Å². The lowest BCUT2D eigenvalue weighted by Gasteiger charge is -2.28. The van der Waals surface area contributed by atoms with Gasteiger partial charge in [-0.05, 0) is 36.8 Å². The van der Waals surface area contributed by atoms with Gasteiger partial charge in [0, 0.05) is 37.8 Å². The SMILES string of the molecule is CC(NCc1ccc(NCC2CCCN2C(=O)C(F)(F)F)c([N+](=O)[O-])c1)C(C)(C)C. The van der Waals surface area contributed by atoms with E-state index >= 15 is 0 Å². The number of amides is 1. The number of carbonyl (C=O) groups excluding carboxylic acids is 1. The third-order valence-electron chi connectivity index (χ3n) is 5.58. The van der Waals surface area contributed by atoms with E-state index in [1.54, 1.807) is 12.1 Å². The highest BCUT2D eigenvalue weighted by atomic mass is 19.4. The number of carbonyl (C=O) groups is 1. The van der Waals surface area contributed by atoms with Crippen LogP contribution in [-0.2, 0) is 11.3 Å². The molecule has 1 aromatic carbocycles. The zero-order chi connectivity index (χ0) is 22.7. The van der Waals surface area contributed by atoms with Crippen LogP contribution in [0, 0.1) is 15.5 Å². The minimum Gasteiger partial charge on any atom is -0.377 e. The Morgan fingerprint density at radius 1 is 1.33 bits per heavy atom. The zero-order valence-electron chi connectivity index (χ0n) is 17.7. The quantitative estimate of drug-likeness (QED) is 0.503. The second-order valence-corrected chi connectivity index (χ2v) is 8.75. The van der Waals surface area contributed by atoms with Gasteiger partial charge in [-0.3, -0.25) is 14.9 Å². The highest BCUT2D eigenvalue weighted by molar-refractivity contribution is 5.82. The Bertz CT molecular complexity index is 778. The number of benzene rings is 1. The van der Waals surface area contributed by atoms with Gasteiger partial charge in [-0.25, -0.2) is 0 Å². The Morgan fingerprint density at radius 3 is 2.57 bits per heavy atom. The summed E-state index contributed by atoms with van der Waals surface area (Å²) in [6, 6.07) is 4.28. The Labute approximate surface area is 174 Å². The summed E-state index contributed by atoms with van der Waals surface area (Å²) in [7, 11) is 0. The van der Waals surface area contributed by atoms with Gasteiger partial charge in [0.05, 0.1) is 4.92 Å². The molecule has 1 heterocycles. The molecule has 0 bridgehead atoms. The molecular weight excluding hydrogens is 401 g/mol. The monoisotopic (exact) mass is 430 g/mol. The van der Waals surface area contributed by atoms with Gasteiger partial charge in [-0.15, -0.1) is 0 Å². The summed E-state index contributed by atoms with van der Waals surface area (Å²) >= 11 is 0. The first-order chi connectivity index (χ1) is 13.8. The fraction of sp³-hybridized carbons (Fsp3) is 0.650. The van der Waals surface area contributed by atoms with E-state index in [2.05, 4.69) is 31.4 Å². The highest BCUT2D eigenvalue weighted by Gasteiger charge is 2.45. The highest BCUT2D eigenvalue weighted by Crippen LogP contribution is 2.29. The Hall–Kier alpha value is -2.36. The fourth-order valence-corrected chi connectivity index (χ4v) is 3.27. The van der Waals surface area contributed by atoms with Crippen molar-refractivity contribution in [2.24, 2.45) is 5.41 Å². The van der Waals surface area contributed by atoms with Crippen molar-refractivity contribution < 1.29 is 22.9 Å². The average Bonchev–Trinajstić information content (AvgIpc) is 3.10. The van der Waals surface area contributed by atoms with Crippen molar-refractivity contribution in [2.45, 2.75) is 65.3 Å². The summed E-state index contributed by atoms with van der Waals surface area (Å²) in [4.78, 5) is 23.3. The van der Waals surface area contributed by atoms with Crippen LogP contribution in [0.25, 0.3) is 0 Å². The summed E-state index contributed by atoms with van der Waals surface area (Å²) in [6.07, 6.45) is -4.05. The van der Waals surface area contributed by atoms with Crippen LogP contribution in [0.1, 0.15) is 46.1 Å². The van der Waals surface area contributed by atoms with Gasteiger partial charge >= 0.3 is 12.1 Å². The molecule has 7 nitrogen and oxygen atoms in total. The molecule has 2 unspecified atom stereocenters. The molecule has 2 atom stereocenters. The predicted molar refractivity (Wildman–Crippen MR) is 108 cm³/mol. The minimum absolute atomic E-state index is 0.0152. The van der Waals surface area contributed by atoms with E-state index in [-0.39, 0.29) is 35.9 Å². The maximum atomic E-state index is 12.7. The molecule has 0 saturated carbocycles. The smallest absolute Gasteiger partial charge is 0.377 e. The number of nitrogens with one attached hydrogen (secondary N) is 2. The molecule has 0 aromatic heterocycles. The second kappa shape index (κ2) is 9.20. The lowest BCUT2D eigenvalue weighted by Crippen LogP contribution is -2.46. The van der Waals surface area contributed by atoms with Gasteiger partial charge in [0.2, 0.25) is 0 Å². The molecule has 2 N–H and O–H groups in total. The van der Waals surface area contributed by atoms with Gasteiger partial charge in [0.1, 0.15) is 5.69 Å². The van der Waals surface area contributed by atoms with E-state index in [1.807, 2.05) is 6.92 Å². The molecular formula is C20H29F3N4O3. The second-order valence-electron chi connectivity index (χ2n) is 8.75. The van der Waals surface area contributed by atoms with Crippen molar-refractivity contribution in [3.8, 4) is 0 Å². The van der Waals surface area contributed by atoms with Crippen molar-refractivity contribution in [3.63, 3.8) is 0 Å². The number of rotatable bonds is 7. The standard InChI is InChI=1S/C20H29F3N4O3/c1-13(19(2,3)4)24-11-14-7-8-16(17(10-14)27(29)30)25-12-15-6-5-9-26(15)18(28)20(21,22)23/h7-8,10,13,15,24-25H,5-6,9,11-12H2,1-4H3. The fourth-order valence-electron chi connectivity index (χ4n) is 3.27. The Balaban J connectivity index is 2.07. The molecule has 1 fully saturated rings. The molecule has 0 spiro atoms. The summed E-state index contributed by atoms with van der Waals surface area (Å²) < 4.78 is 38.2. The maximum Gasteiger partial charge on any atom is 0.471 e. The first-order valence-electron chi connectivity index (χ1n) is 9.93. The number of hydrogen-bond donors (Lipinski definition) is 2. The van der Waals surface area contributed by atoms with E-state index in [0.29, 0.717) is 19.4 Å². The summed E-state index contributed by atoms with van der Waals surface area (Å²) in [5, 5.41) is 17.7. The zero-order valence-corrected chi connectivity index (χ0v) is 17.7. The lowest BCUT2D eigenvalue weighted by molar-refractivity contribution is -0.384. The molecule has 0 aliphatic carbocycles. The van der Waals surface area contributed by atoms with Gasteiger partial charge in [-0.1, -0.05) is 26.8 Å². The van der Waals surface area contributed by atoms with Gasteiger partial charge in [-0.2, -0.15) is 13.2 Å². The molecule has 1 aliphatic rings. The first-order valence-corrected chi connectivity index (χ1v) is 9.93. The number of anilines is 1. The molecule has 168 valence electrons. The van der Waals surface area contributed by atoms with Gasteiger partial charge in [0.25, 0.3) is 5.69 Å². The molecule has 1 saturated heterocycles. The van der Waals surface area contributed by atoms with Crippen LogP contribution in [0.3, 0.4) is 0 Å². The average molecular weight is 430 g/mol. The molecule has 30 heavy (non-hydrogen) atoms. The van der Waals surface area contributed by atoms with E-state index in [4.69, 9.17) is 0 Å². The summed E-state index contributed by atoms with van der Waals surface area (Å²) in [5.41, 5.74) is 0.843. The van der Waals surface area contributed by atoms with Crippen molar-refractivity contribution in [1.82, 2.24) is 10.2 Å². The molecule has 1 amide bonds. The number of hydrogen-bond acceptors (Lipinski definition) is 5. The van der Waals surface area contributed by atoms with Crippen LogP contribution >= 0.6 is 0 Å². The van der Waals surface area contributed by atoms with Crippen LogP contribution < -0.4 is 10.6 Å².